The van der Waals surface area contributed by atoms with E-state index in [0.29, 0.717) is 5.56 Å². The van der Waals surface area contributed by atoms with Crippen LogP contribution in [-0.4, -0.2) is 69.2 Å². The molecule has 3 rings (SSSR count). The van der Waals surface area contributed by atoms with Crippen molar-refractivity contribution in [2.24, 2.45) is 5.73 Å². The number of carbonyl (C=O) groups excluding carboxylic acids is 3. The van der Waals surface area contributed by atoms with E-state index in [1.54, 1.807) is 36.5 Å². The van der Waals surface area contributed by atoms with Crippen LogP contribution in [-0.2, 0) is 32.0 Å². The molecule has 2 aromatic carbocycles. The van der Waals surface area contributed by atoms with Gasteiger partial charge in [-0.25, -0.2) is 4.79 Å². The average molecular weight is 524 g/mol. The second kappa shape index (κ2) is 12.8. The molecule has 0 radical (unpaired) electrons. The number of carboxylic acid groups (broad SMARTS) is 1. The number of fused-ring (bicyclic) bond motifs is 1. The first kappa shape index (κ1) is 28.4. The highest BCUT2D eigenvalue weighted by Crippen LogP contribution is 2.18. The predicted molar refractivity (Wildman–Crippen MR) is 141 cm³/mol. The topological polar surface area (TPSA) is 187 Å². The quantitative estimate of drug-likeness (QED) is 0.177. The van der Waals surface area contributed by atoms with Gasteiger partial charge < -0.3 is 36.9 Å². The van der Waals surface area contributed by atoms with Crippen molar-refractivity contribution in [1.82, 2.24) is 20.9 Å². The second-order valence-electron chi connectivity index (χ2n) is 9.22. The highest BCUT2D eigenvalue weighted by atomic mass is 16.4. The number of benzene rings is 2. The minimum absolute atomic E-state index is 0.0608. The number of carboxylic acids is 1. The number of nitrogens with one attached hydrogen (secondary N) is 4. The number of rotatable bonds is 12. The van der Waals surface area contributed by atoms with Gasteiger partial charge in [0.25, 0.3) is 0 Å². The maximum atomic E-state index is 12.9. The van der Waals surface area contributed by atoms with Crippen LogP contribution < -0.4 is 21.7 Å². The lowest BCUT2D eigenvalue weighted by Gasteiger charge is -2.24. The number of amides is 3. The van der Waals surface area contributed by atoms with Crippen LogP contribution >= 0.6 is 0 Å². The monoisotopic (exact) mass is 523 g/mol. The Morgan fingerprint density at radius 3 is 2.18 bits per heavy atom. The van der Waals surface area contributed by atoms with Crippen LogP contribution in [0.5, 0.6) is 0 Å². The Kier molecular flexibility index (Phi) is 9.58. The van der Waals surface area contributed by atoms with E-state index in [2.05, 4.69) is 20.9 Å². The van der Waals surface area contributed by atoms with Gasteiger partial charge in [0.1, 0.15) is 12.1 Å². The number of aliphatic hydroxyl groups excluding tert-OH is 1. The van der Waals surface area contributed by atoms with Crippen LogP contribution in [0, 0.1) is 0 Å². The summed E-state index contributed by atoms with van der Waals surface area (Å²) in [4.78, 5) is 53.2. The molecule has 5 atom stereocenters. The Labute approximate surface area is 219 Å². The molecule has 8 N–H and O–H groups in total. The normalized spacial score (nSPS) is 15.1. The van der Waals surface area contributed by atoms with Crippen LogP contribution in [0.2, 0.25) is 0 Å². The van der Waals surface area contributed by atoms with Crippen LogP contribution in [0.4, 0.5) is 0 Å². The van der Waals surface area contributed by atoms with E-state index in [1.807, 2.05) is 24.3 Å². The van der Waals surface area contributed by atoms with Gasteiger partial charge in [0.2, 0.25) is 17.7 Å². The van der Waals surface area contributed by atoms with E-state index in [-0.39, 0.29) is 12.8 Å². The van der Waals surface area contributed by atoms with Crippen molar-refractivity contribution >= 4 is 34.6 Å². The lowest BCUT2D eigenvalue weighted by molar-refractivity contribution is -0.145. The molecule has 5 unspecified atom stereocenters. The Morgan fingerprint density at radius 1 is 0.868 bits per heavy atom. The summed E-state index contributed by atoms with van der Waals surface area (Å²) in [6.07, 6.45) is 0.740. The molecule has 0 fully saturated rings. The summed E-state index contributed by atoms with van der Waals surface area (Å²) in [7, 11) is 0. The standard InChI is InChI=1S/C27H33N5O6/c1-15(30-25(35)20(28)13-18-14-29-21-11-7-6-10-19(18)21)24(34)31-22(12-17-8-4-3-5-9-17)26(36)32-23(16(2)33)27(37)38/h3-11,14-16,20,22-23,29,33H,12-13,28H2,1-2H3,(H,30,35)(H,31,34)(H,32,36)(H,37,38). The minimum atomic E-state index is -1.56. The number of aliphatic carboxylic acids is 1. The number of para-hydroxylation sites is 1. The van der Waals surface area contributed by atoms with Crippen molar-refractivity contribution in [2.75, 3.05) is 0 Å². The van der Waals surface area contributed by atoms with E-state index < -0.39 is 54.0 Å². The minimum Gasteiger partial charge on any atom is -0.480 e. The zero-order chi connectivity index (χ0) is 27.8. The molecule has 3 amide bonds. The third-order valence-electron chi connectivity index (χ3n) is 6.17. The molecule has 1 aromatic heterocycles. The molecule has 11 nitrogen and oxygen atoms in total. The third kappa shape index (κ3) is 7.40. The van der Waals surface area contributed by atoms with E-state index in [9.17, 15) is 29.4 Å². The number of aromatic amines is 1. The fourth-order valence-corrected chi connectivity index (χ4v) is 4.01. The van der Waals surface area contributed by atoms with Crippen molar-refractivity contribution in [1.29, 1.82) is 0 Å². The molecule has 0 spiro atoms. The van der Waals surface area contributed by atoms with E-state index >= 15 is 0 Å². The molecule has 1 heterocycles. The average Bonchev–Trinajstić information content (AvgIpc) is 3.29. The summed E-state index contributed by atoms with van der Waals surface area (Å²) < 4.78 is 0. The van der Waals surface area contributed by atoms with Gasteiger partial charge in [0.05, 0.1) is 12.1 Å². The Balaban J connectivity index is 1.65. The maximum Gasteiger partial charge on any atom is 0.328 e. The number of hydrogen-bond acceptors (Lipinski definition) is 6. The second-order valence-corrected chi connectivity index (χ2v) is 9.22. The molecule has 0 bridgehead atoms. The first-order valence-corrected chi connectivity index (χ1v) is 12.2. The zero-order valence-electron chi connectivity index (χ0n) is 21.2. The first-order chi connectivity index (χ1) is 18.1. The predicted octanol–water partition coefficient (Wildman–Crippen LogP) is 0.220. The maximum absolute atomic E-state index is 12.9. The van der Waals surface area contributed by atoms with Gasteiger partial charge in [-0.15, -0.1) is 0 Å². The van der Waals surface area contributed by atoms with Gasteiger partial charge in [0, 0.05) is 23.5 Å². The lowest BCUT2D eigenvalue weighted by atomic mass is 10.0. The smallest absolute Gasteiger partial charge is 0.328 e. The number of nitrogens with two attached hydrogens (primary N) is 1. The summed E-state index contributed by atoms with van der Waals surface area (Å²) in [5, 5.41) is 27.4. The fraction of sp³-hybridized carbons (Fsp3) is 0.333. The van der Waals surface area contributed by atoms with E-state index in [4.69, 9.17) is 5.73 Å². The summed E-state index contributed by atoms with van der Waals surface area (Å²) in [5.41, 5.74) is 8.62. The Bertz CT molecular complexity index is 1280. The van der Waals surface area contributed by atoms with Crippen molar-refractivity contribution in [2.45, 2.75) is 57.0 Å². The van der Waals surface area contributed by atoms with Gasteiger partial charge in [-0.1, -0.05) is 48.5 Å². The van der Waals surface area contributed by atoms with Crippen LogP contribution in [0.15, 0.2) is 60.8 Å². The van der Waals surface area contributed by atoms with Crippen LogP contribution in [0.3, 0.4) is 0 Å². The van der Waals surface area contributed by atoms with Gasteiger partial charge >= 0.3 is 5.97 Å². The van der Waals surface area contributed by atoms with Crippen molar-refractivity contribution in [3.05, 3.63) is 71.9 Å². The van der Waals surface area contributed by atoms with Gasteiger partial charge in [-0.05, 0) is 37.5 Å². The summed E-state index contributed by atoms with van der Waals surface area (Å²) in [6.45, 7) is 2.69. The lowest BCUT2D eigenvalue weighted by Crippen LogP contribution is -2.58. The van der Waals surface area contributed by atoms with Crippen molar-refractivity contribution < 1.29 is 29.4 Å². The van der Waals surface area contributed by atoms with Crippen molar-refractivity contribution in [3.8, 4) is 0 Å². The van der Waals surface area contributed by atoms with E-state index in [0.717, 1.165) is 16.5 Å². The van der Waals surface area contributed by atoms with E-state index in [1.165, 1.54) is 13.8 Å². The third-order valence-corrected chi connectivity index (χ3v) is 6.17. The number of hydrogen-bond donors (Lipinski definition) is 7. The molecular weight excluding hydrogens is 490 g/mol. The Hall–Kier alpha value is -4.22. The largest absolute Gasteiger partial charge is 0.480 e. The van der Waals surface area contributed by atoms with Crippen molar-refractivity contribution in [3.63, 3.8) is 0 Å². The number of carbonyl (C=O) groups is 4. The molecule has 0 aliphatic heterocycles. The molecule has 3 aromatic rings. The summed E-state index contributed by atoms with van der Waals surface area (Å²) in [6, 6.07) is 11.8. The molecule has 0 aliphatic rings. The van der Waals surface area contributed by atoms with Gasteiger partial charge in [-0.2, -0.15) is 0 Å². The number of aliphatic hydroxyl groups is 1. The molecular formula is C27H33N5O6. The number of H-pyrrole nitrogens is 1. The first-order valence-electron chi connectivity index (χ1n) is 12.2. The molecule has 0 saturated heterocycles. The SMILES string of the molecule is CC(NC(=O)C(N)Cc1c[nH]c2ccccc12)C(=O)NC(Cc1ccccc1)C(=O)NC(C(=O)O)C(C)O. The highest BCUT2D eigenvalue weighted by molar-refractivity contribution is 5.94. The molecule has 202 valence electrons. The van der Waals surface area contributed by atoms with Crippen LogP contribution in [0.1, 0.15) is 25.0 Å². The molecule has 38 heavy (non-hydrogen) atoms. The van der Waals surface area contributed by atoms with Gasteiger partial charge in [-0.3, -0.25) is 14.4 Å². The fourth-order valence-electron chi connectivity index (χ4n) is 4.01. The molecule has 0 aliphatic carbocycles. The number of aromatic nitrogens is 1. The summed E-state index contributed by atoms with van der Waals surface area (Å²) in [5.74, 6) is -3.40. The molecule has 11 heteroatoms. The van der Waals surface area contributed by atoms with Gasteiger partial charge in [0.15, 0.2) is 6.04 Å². The van der Waals surface area contributed by atoms with Crippen LogP contribution in [0.25, 0.3) is 10.9 Å². The Morgan fingerprint density at radius 2 is 1.53 bits per heavy atom. The summed E-state index contributed by atoms with van der Waals surface area (Å²) >= 11 is 0. The highest BCUT2D eigenvalue weighted by Gasteiger charge is 2.31. The zero-order valence-corrected chi connectivity index (χ0v) is 21.2. The molecule has 0 saturated carbocycles.